The lowest BCUT2D eigenvalue weighted by molar-refractivity contribution is -0.121. The van der Waals surface area contributed by atoms with E-state index in [1.807, 2.05) is 25.1 Å². The largest absolute Gasteiger partial charge is 0.355 e. The van der Waals surface area contributed by atoms with E-state index in [0.717, 1.165) is 29.9 Å². The molecule has 0 spiro atoms. The minimum Gasteiger partial charge on any atom is -0.355 e. The number of nitrogens with zero attached hydrogens (tertiary/aromatic N) is 2. The molecule has 1 amide bonds. The molecule has 1 N–H and O–H groups in total. The summed E-state index contributed by atoms with van der Waals surface area (Å²) in [5, 5.41) is 3.05. The molecule has 1 atom stereocenters. The topological polar surface area (TPSA) is 54.9 Å². The Morgan fingerprint density at radius 1 is 1.16 bits per heavy atom. The van der Waals surface area contributed by atoms with Crippen molar-refractivity contribution in [1.82, 2.24) is 15.3 Å². The highest BCUT2D eigenvalue weighted by Crippen LogP contribution is 2.46. The van der Waals surface area contributed by atoms with Crippen molar-refractivity contribution in [2.45, 2.75) is 39.5 Å². The standard InChI is InChI=1S/C21H23N3O/c1-13-19(15-7-4-3-5-8-15)20(13)21(25)22-12-11-18-23-14(2)16-9-6-10-17(16)24-18/h3-5,7-8,20H,6,9-12H2,1-2H3,(H,22,25). The second-order valence-electron chi connectivity index (χ2n) is 6.94. The molecule has 0 fully saturated rings. The maximum absolute atomic E-state index is 12.5. The Hall–Kier alpha value is -2.49. The van der Waals surface area contributed by atoms with E-state index in [9.17, 15) is 4.79 Å². The van der Waals surface area contributed by atoms with Gasteiger partial charge in [0.05, 0.1) is 5.92 Å². The lowest BCUT2D eigenvalue weighted by Crippen LogP contribution is -2.29. The number of nitrogens with one attached hydrogen (secondary N) is 1. The third kappa shape index (κ3) is 3.09. The number of aryl methyl sites for hydroxylation is 2. The fraction of sp³-hybridized carbons (Fsp3) is 0.381. The number of fused-ring (bicyclic) bond motifs is 1. The van der Waals surface area contributed by atoms with Crippen LogP contribution in [0.4, 0.5) is 0 Å². The summed E-state index contributed by atoms with van der Waals surface area (Å²) in [6.07, 6.45) is 4.03. The number of carbonyl (C=O) groups excluding carboxylic acids is 1. The fourth-order valence-corrected chi connectivity index (χ4v) is 3.86. The van der Waals surface area contributed by atoms with Gasteiger partial charge in [-0.15, -0.1) is 0 Å². The molecule has 128 valence electrons. The monoisotopic (exact) mass is 333 g/mol. The molecule has 4 heteroatoms. The van der Waals surface area contributed by atoms with Crippen molar-refractivity contribution in [3.8, 4) is 0 Å². The van der Waals surface area contributed by atoms with Gasteiger partial charge in [-0.2, -0.15) is 0 Å². The predicted octanol–water partition coefficient (Wildman–Crippen LogP) is 3.04. The van der Waals surface area contributed by atoms with Crippen LogP contribution in [0, 0.1) is 12.8 Å². The van der Waals surface area contributed by atoms with Crippen molar-refractivity contribution in [3.63, 3.8) is 0 Å². The molecular formula is C21H23N3O. The second-order valence-corrected chi connectivity index (χ2v) is 6.94. The minimum absolute atomic E-state index is 0.0647. The van der Waals surface area contributed by atoms with Crippen LogP contribution >= 0.6 is 0 Å². The van der Waals surface area contributed by atoms with Crippen molar-refractivity contribution >= 4 is 11.5 Å². The molecule has 2 aliphatic rings. The lowest BCUT2D eigenvalue weighted by atomic mass is 10.1. The summed E-state index contributed by atoms with van der Waals surface area (Å²) >= 11 is 0. The first-order valence-electron chi connectivity index (χ1n) is 9.04. The van der Waals surface area contributed by atoms with E-state index < -0.39 is 0 Å². The first-order valence-corrected chi connectivity index (χ1v) is 9.04. The van der Waals surface area contributed by atoms with E-state index >= 15 is 0 Å². The van der Waals surface area contributed by atoms with Gasteiger partial charge in [-0.25, -0.2) is 9.97 Å². The lowest BCUT2D eigenvalue weighted by Gasteiger charge is -2.08. The summed E-state index contributed by atoms with van der Waals surface area (Å²) in [6.45, 7) is 4.69. The summed E-state index contributed by atoms with van der Waals surface area (Å²) in [5.74, 6) is 0.876. The van der Waals surface area contributed by atoms with E-state index in [-0.39, 0.29) is 11.8 Å². The molecule has 2 aromatic rings. The first-order chi connectivity index (χ1) is 12.1. The molecule has 1 aromatic heterocycles. The molecule has 0 saturated heterocycles. The van der Waals surface area contributed by atoms with Crippen LogP contribution in [0.25, 0.3) is 5.57 Å². The number of hydrogen-bond acceptors (Lipinski definition) is 3. The minimum atomic E-state index is -0.0647. The van der Waals surface area contributed by atoms with Gasteiger partial charge in [0.1, 0.15) is 5.82 Å². The number of carbonyl (C=O) groups is 1. The van der Waals surface area contributed by atoms with Crippen LogP contribution in [-0.2, 0) is 24.1 Å². The molecule has 1 aromatic carbocycles. The quantitative estimate of drug-likeness (QED) is 0.915. The number of amides is 1. The number of aromatic nitrogens is 2. The van der Waals surface area contributed by atoms with Gasteiger partial charge in [-0.1, -0.05) is 35.9 Å². The van der Waals surface area contributed by atoms with E-state index in [0.29, 0.717) is 13.0 Å². The Bertz CT molecular complexity index is 855. The van der Waals surface area contributed by atoms with Gasteiger partial charge in [0.15, 0.2) is 0 Å². The van der Waals surface area contributed by atoms with Gasteiger partial charge in [0.2, 0.25) is 5.91 Å². The maximum Gasteiger partial charge on any atom is 0.231 e. The van der Waals surface area contributed by atoms with Crippen LogP contribution in [0.15, 0.2) is 35.9 Å². The molecule has 0 bridgehead atoms. The Balaban J connectivity index is 1.33. The van der Waals surface area contributed by atoms with Crippen molar-refractivity contribution in [2.24, 2.45) is 5.92 Å². The number of benzene rings is 1. The zero-order valence-electron chi connectivity index (χ0n) is 14.8. The van der Waals surface area contributed by atoms with Crippen LogP contribution in [0.2, 0.25) is 0 Å². The molecule has 4 nitrogen and oxygen atoms in total. The predicted molar refractivity (Wildman–Crippen MR) is 98.0 cm³/mol. The number of rotatable bonds is 5. The summed E-state index contributed by atoms with van der Waals surface area (Å²) in [4.78, 5) is 21.7. The average Bonchev–Trinajstić information content (AvgIpc) is 3.05. The summed E-state index contributed by atoms with van der Waals surface area (Å²) in [7, 11) is 0. The van der Waals surface area contributed by atoms with Gasteiger partial charge in [-0.3, -0.25) is 4.79 Å². The third-order valence-electron chi connectivity index (χ3n) is 5.24. The van der Waals surface area contributed by atoms with E-state index in [1.165, 1.54) is 28.8 Å². The fourth-order valence-electron chi connectivity index (χ4n) is 3.86. The van der Waals surface area contributed by atoms with Gasteiger partial charge < -0.3 is 5.32 Å². The highest BCUT2D eigenvalue weighted by molar-refractivity contribution is 6.05. The first kappa shape index (κ1) is 16.0. The highest BCUT2D eigenvalue weighted by Gasteiger charge is 2.39. The molecule has 0 radical (unpaired) electrons. The SMILES string of the molecule is CC1=C(c2ccccc2)C1C(=O)NCCc1nc(C)c2c(n1)CCC2. The summed E-state index contributed by atoms with van der Waals surface area (Å²) in [5.41, 5.74) is 7.14. The van der Waals surface area contributed by atoms with Crippen LogP contribution in [-0.4, -0.2) is 22.4 Å². The number of hydrogen-bond donors (Lipinski definition) is 1. The van der Waals surface area contributed by atoms with Gasteiger partial charge in [-0.05, 0) is 49.8 Å². The Kier molecular flexibility index (Phi) is 4.12. The van der Waals surface area contributed by atoms with Crippen LogP contribution < -0.4 is 5.32 Å². The molecule has 25 heavy (non-hydrogen) atoms. The molecule has 0 aliphatic heterocycles. The molecular weight excluding hydrogens is 310 g/mol. The molecule has 1 unspecified atom stereocenters. The highest BCUT2D eigenvalue weighted by atomic mass is 16.2. The second kappa shape index (κ2) is 6.43. The molecule has 0 saturated carbocycles. The van der Waals surface area contributed by atoms with E-state index in [4.69, 9.17) is 0 Å². The Morgan fingerprint density at radius 3 is 2.76 bits per heavy atom. The van der Waals surface area contributed by atoms with Crippen LogP contribution in [0.3, 0.4) is 0 Å². The van der Waals surface area contributed by atoms with Gasteiger partial charge in [0.25, 0.3) is 0 Å². The van der Waals surface area contributed by atoms with Gasteiger partial charge >= 0.3 is 0 Å². The zero-order valence-corrected chi connectivity index (χ0v) is 14.8. The van der Waals surface area contributed by atoms with Crippen molar-refractivity contribution in [3.05, 3.63) is 64.2 Å². The van der Waals surface area contributed by atoms with E-state index in [2.05, 4.69) is 34.3 Å². The van der Waals surface area contributed by atoms with Gasteiger partial charge in [0, 0.05) is 24.4 Å². The molecule has 1 heterocycles. The van der Waals surface area contributed by atoms with Crippen LogP contribution in [0.1, 0.15) is 41.7 Å². The van der Waals surface area contributed by atoms with Crippen LogP contribution in [0.5, 0.6) is 0 Å². The normalized spacial score (nSPS) is 18.2. The van der Waals surface area contributed by atoms with Crippen molar-refractivity contribution in [1.29, 1.82) is 0 Å². The van der Waals surface area contributed by atoms with Crippen molar-refractivity contribution in [2.75, 3.05) is 6.54 Å². The Labute approximate surface area is 148 Å². The van der Waals surface area contributed by atoms with Crippen molar-refractivity contribution < 1.29 is 4.79 Å². The molecule has 4 rings (SSSR count). The molecule has 2 aliphatic carbocycles. The Morgan fingerprint density at radius 2 is 1.96 bits per heavy atom. The summed E-state index contributed by atoms with van der Waals surface area (Å²) in [6, 6.07) is 10.1. The maximum atomic E-state index is 12.5. The summed E-state index contributed by atoms with van der Waals surface area (Å²) < 4.78 is 0. The van der Waals surface area contributed by atoms with E-state index in [1.54, 1.807) is 0 Å². The third-order valence-corrected chi connectivity index (χ3v) is 5.24. The average molecular weight is 333 g/mol. The smallest absolute Gasteiger partial charge is 0.231 e. The zero-order chi connectivity index (χ0) is 17.4.